The molecule has 14 heteroatoms. The Kier molecular flexibility index (Phi) is 6.78. The molecule has 10 nitrogen and oxygen atoms in total. The smallest absolute Gasteiger partial charge is 0.350 e. The van der Waals surface area contributed by atoms with Crippen LogP contribution in [0.15, 0.2) is 34.3 Å². The molecule has 0 saturated heterocycles. The molecule has 6 heterocycles. The van der Waals surface area contributed by atoms with Crippen LogP contribution < -0.4 is 9.47 Å². The quantitative estimate of drug-likeness (QED) is 0.105. The van der Waals surface area contributed by atoms with Crippen molar-refractivity contribution in [3.8, 4) is 44.8 Å². The van der Waals surface area contributed by atoms with E-state index in [9.17, 15) is 0 Å². The summed E-state index contributed by atoms with van der Waals surface area (Å²) in [5, 5.41) is 19.3. The van der Waals surface area contributed by atoms with Gasteiger partial charge in [0.25, 0.3) is 0 Å². The second kappa shape index (κ2) is 10.5. The first-order chi connectivity index (χ1) is 20.3. The van der Waals surface area contributed by atoms with Crippen LogP contribution in [-0.2, 0) is 14.1 Å². The summed E-state index contributed by atoms with van der Waals surface area (Å²) in [7, 11) is 7.24. The van der Waals surface area contributed by atoms with E-state index in [0.717, 1.165) is 41.6 Å². The zero-order valence-electron chi connectivity index (χ0n) is 22.3. The molecule has 0 N–H and O–H groups in total. The van der Waals surface area contributed by atoms with Crippen LogP contribution in [-0.4, -0.2) is 35.0 Å². The SMILES string of the molecule is [C-]#[N+]C(C#N)=Nc1cc(OC)c(-c2cc3sc4c(sc5cc(-c6sc(N=C(C#N)[N+]#[C-])cc6OC)n(C)c54)c3n2C)s1. The number of aromatic nitrogens is 2. The van der Waals surface area contributed by atoms with Crippen LogP contribution in [0.25, 0.3) is 60.7 Å². The molecular weight excluding hydrogens is 609 g/mol. The van der Waals surface area contributed by atoms with Gasteiger partial charge in [-0.1, -0.05) is 45.8 Å². The highest BCUT2D eigenvalue weighted by atomic mass is 32.1. The summed E-state index contributed by atoms with van der Waals surface area (Å²) in [6, 6.07) is 11.4. The number of rotatable bonds is 6. The van der Waals surface area contributed by atoms with Gasteiger partial charge in [0.2, 0.25) is 10.0 Å². The van der Waals surface area contributed by atoms with Crippen molar-refractivity contribution in [1.82, 2.24) is 9.13 Å². The van der Waals surface area contributed by atoms with Gasteiger partial charge in [-0.25, -0.2) is 10.5 Å². The Morgan fingerprint density at radius 1 is 0.738 bits per heavy atom. The fourth-order valence-electron chi connectivity index (χ4n) is 4.75. The van der Waals surface area contributed by atoms with Crippen LogP contribution in [0.2, 0.25) is 0 Å². The van der Waals surface area contributed by atoms with Gasteiger partial charge in [0.15, 0.2) is 0 Å². The average molecular weight is 625 g/mol. The Morgan fingerprint density at radius 2 is 1.14 bits per heavy atom. The van der Waals surface area contributed by atoms with Crippen molar-refractivity contribution in [2.45, 2.75) is 0 Å². The Balaban J connectivity index is 1.47. The number of hydrogen-bond acceptors (Lipinski definition) is 10. The fraction of sp³-hybridized carbons (Fsp3) is 0.143. The zero-order valence-corrected chi connectivity index (χ0v) is 25.6. The monoisotopic (exact) mass is 624 g/mol. The molecule has 0 amide bonds. The third-order valence-corrected chi connectivity index (χ3v) is 11.0. The second-order valence-electron chi connectivity index (χ2n) is 8.75. The number of nitrogens with zero attached hydrogens (tertiary/aromatic N) is 8. The summed E-state index contributed by atoms with van der Waals surface area (Å²) in [6.07, 6.45) is 0. The van der Waals surface area contributed by atoms with Crippen LogP contribution in [0.1, 0.15) is 0 Å². The number of thiophene rings is 4. The molecule has 6 aromatic heterocycles. The van der Waals surface area contributed by atoms with Gasteiger partial charge in [-0.15, -0.1) is 22.7 Å². The van der Waals surface area contributed by atoms with Crippen LogP contribution in [0.5, 0.6) is 11.5 Å². The first kappa shape index (κ1) is 27.2. The highest BCUT2D eigenvalue weighted by molar-refractivity contribution is 7.36. The molecule has 0 aliphatic carbocycles. The topological polar surface area (TPSA) is 109 Å². The molecule has 0 aliphatic rings. The second-order valence-corrected chi connectivity index (χ2v) is 12.9. The van der Waals surface area contributed by atoms with Crippen molar-refractivity contribution in [3.63, 3.8) is 0 Å². The lowest BCUT2D eigenvalue weighted by Crippen LogP contribution is -1.91. The van der Waals surface area contributed by atoms with Gasteiger partial charge in [0.05, 0.1) is 65.2 Å². The van der Waals surface area contributed by atoms with E-state index >= 15 is 0 Å². The molecule has 0 fully saturated rings. The van der Waals surface area contributed by atoms with Gasteiger partial charge in [-0.2, -0.15) is 0 Å². The summed E-state index contributed by atoms with van der Waals surface area (Å²) in [5.74, 6) is 0.838. The lowest BCUT2D eigenvalue weighted by atomic mass is 10.3. The number of aryl methyl sites for hydroxylation is 2. The van der Waals surface area contributed by atoms with Crippen molar-refractivity contribution < 1.29 is 9.47 Å². The van der Waals surface area contributed by atoms with Crippen molar-refractivity contribution in [2.24, 2.45) is 24.1 Å². The standard InChI is InChI=1S/C28H16N8O2S4/c1-31-19(11-29)33-21-9-15(37-5)25(41-21)13-7-17-23(35(13)3)27-28(39-17)24-18(40-27)8-14(36(24)4)26-16(38-6)10-22(42-26)34-20(12-30)32-2/h7-10H,3-6H3. The van der Waals surface area contributed by atoms with E-state index < -0.39 is 0 Å². The maximum atomic E-state index is 9.12. The molecule has 0 spiro atoms. The minimum atomic E-state index is -0.218. The lowest BCUT2D eigenvalue weighted by Gasteiger charge is -2.05. The van der Waals surface area contributed by atoms with Gasteiger partial charge >= 0.3 is 11.7 Å². The number of hydrogen-bond donors (Lipinski definition) is 0. The summed E-state index contributed by atoms with van der Waals surface area (Å²) in [5.41, 5.74) is 4.18. The number of nitriles is 2. The van der Waals surface area contributed by atoms with Crippen LogP contribution in [0.4, 0.5) is 10.0 Å². The van der Waals surface area contributed by atoms with Gasteiger partial charge in [-0.05, 0) is 12.1 Å². The van der Waals surface area contributed by atoms with Crippen molar-refractivity contribution in [1.29, 1.82) is 10.5 Å². The maximum absolute atomic E-state index is 9.12. The van der Waals surface area contributed by atoms with Crippen molar-refractivity contribution >= 4 is 96.9 Å². The molecule has 204 valence electrons. The number of amidine groups is 2. The molecule has 0 aliphatic heterocycles. The lowest BCUT2D eigenvalue weighted by molar-refractivity contribution is 0.418. The highest BCUT2D eigenvalue weighted by Crippen LogP contribution is 2.51. The maximum Gasteiger partial charge on any atom is 0.350 e. The van der Waals surface area contributed by atoms with Gasteiger partial charge < -0.3 is 28.3 Å². The molecule has 0 saturated carbocycles. The fourth-order valence-corrected chi connectivity index (χ4v) is 9.75. The number of methoxy groups -OCH3 is 2. The number of aliphatic imine (C=N–C) groups is 2. The third kappa shape index (κ3) is 4.14. The molecule has 0 atom stereocenters. The van der Waals surface area contributed by atoms with Gasteiger partial charge in [-0.3, -0.25) is 0 Å². The van der Waals surface area contributed by atoms with Crippen molar-refractivity contribution in [3.05, 3.63) is 47.1 Å². The van der Waals surface area contributed by atoms with E-state index in [2.05, 4.69) is 40.9 Å². The first-order valence-electron chi connectivity index (χ1n) is 11.9. The number of ether oxygens (including phenoxy) is 2. The average Bonchev–Trinajstić information content (AvgIpc) is 3.82. The van der Waals surface area contributed by atoms with E-state index in [-0.39, 0.29) is 11.7 Å². The Hall–Kier alpha value is -4.96. The Morgan fingerprint density at radius 3 is 1.48 bits per heavy atom. The van der Waals surface area contributed by atoms with Crippen LogP contribution in [0.3, 0.4) is 0 Å². The number of fused-ring (bicyclic) bond motifs is 5. The predicted octanol–water partition coefficient (Wildman–Crippen LogP) is 8.37. The van der Waals surface area contributed by atoms with E-state index in [1.807, 2.05) is 26.2 Å². The third-order valence-electron chi connectivity index (χ3n) is 6.58. The molecule has 6 aromatic rings. The minimum Gasteiger partial charge on any atom is -0.495 e. The summed E-state index contributed by atoms with van der Waals surface area (Å²) in [6.45, 7) is 14.2. The van der Waals surface area contributed by atoms with Crippen molar-refractivity contribution in [2.75, 3.05) is 14.2 Å². The van der Waals surface area contributed by atoms with E-state index in [4.69, 9.17) is 33.1 Å². The molecule has 0 aromatic carbocycles. The molecule has 0 bridgehead atoms. The zero-order chi connectivity index (χ0) is 29.7. The Bertz CT molecular complexity index is 2110. The van der Waals surface area contributed by atoms with E-state index in [1.54, 1.807) is 49.0 Å². The largest absolute Gasteiger partial charge is 0.495 e. The summed E-state index contributed by atoms with van der Waals surface area (Å²) < 4.78 is 20.2. The van der Waals surface area contributed by atoms with Gasteiger partial charge in [0.1, 0.15) is 23.6 Å². The van der Waals surface area contributed by atoms with Crippen LogP contribution in [0, 0.1) is 35.8 Å². The van der Waals surface area contributed by atoms with Gasteiger partial charge in [0, 0.05) is 26.2 Å². The first-order valence-corrected chi connectivity index (χ1v) is 15.2. The van der Waals surface area contributed by atoms with Crippen LogP contribution >= 0.6 is 45.3 Å². The van der Waals surface area contributed by atoms with E-state index in [0.29, 0.717) is 21.5 Å². The highest BCUT2D eigenvalue weighted by Gasteiger charge is 2.25. The molecular formula is C28H16N8O2S4. The Labute approximate surface area is 255 Å². The molecule has 0 radical (unpaired) electrons. The predicted molar refractivity (Wildman–Crippen MR) is 171 cm³/mol. The minimum absolute atomic E-state index is 0.218. The van der Waals surface area contributed by atoms with E-state index in [1.165, 1.54) is 32.1 Å². The molecule has 42 heavy (non-hydrogen) atoms. The summed E-state index contributed by atoms with van der Waals surface area (Å²) in [4.78, 5) is 16.4. The normalized spacial score (nSPS) is 12.0. The molecule has 6 rings (SSSR count). The molecule has 0 unspecified atom stereocenters. The summed E-state index contributed by atoms with van der Waals surface area (Å²) >= 11 is 6.20.